The summed E-state index contributed by atoms with van der Waals surface area (Å²) < 4.78 is 17.9. The number of methoxy groups -OCH3 is 1. The molecule has 0 unspecified atom stereocenters. The van der Waals surface area contributed by atoms with Crippen molar-refractivity contribution in [2.75, 3.05) is 12.8 Å². The van der Waals surface area contributed by atoms with Gasteiger partial charge in [0.2, 0.25) is 0 Å². The van der Waals surface area contributed by atoms with Gasteiger partial charge < -0.3 is 15.8 Å². The molecule has 0 saturated heterocycles. The molecule has 0 aliphatic carbocycles. The second-order valence-corrected chi connectivity index (χ2v) is 4.24. The van der Waals surface area contributed by atoms with E-state index in [2.05, 4.69) is 5.32 Å². The van der Waals surface area contributed by atoms with E-state index in [1.807, 2.05) is 0 Å². The van der Waals surface area contributed by atoms with Crippen molar-refractivity contribution in [3.63, 3.8) is 0 Å². The number of carbonyl (C=O) groups excluding carboxylic acids is 1. The van der Waals surface area contributed by atoms with Crippen LogP contribution in [0.5, 0.6) is 5.75 Å². The SMILES string of the molecule is COc1c(N)cccc1C(=O)NCc1ccc(F)cc1. The van der Waals surface area contributed by atoms with Crippen LogP contribution >= 0.6 is 0 Å². The molecule has 0 fully saturated rings. The molecule has 0 aliphatic heterocycles. The Morgan fingerprint density at radius 2 is 1.95 bits per heavy atom. The van der Waals surface area contributed by atoms with Crippen molar-refractivity contribution < 1.29 is 13.9 Å². The third-order valence-corrected chi connectivity index (χ3v) is 2.86. The highest BCUT2D eigenvalue weighted by atomic mass is 19.1. The molecule has 0 aliphatic rings. The number of rotatable bonds is 4. The number of halogens is 1. The lowest BCUT2D eigenvalue weighted by Gasteiger charge is -2.11. The molecule has 0 atom stereocenters. The summed E-state index contributed by atoms with van der Waals surface area (Å²) in [5.74, 6) is -0.250. The first-order chi connectivity index (χ1) is 9.61. The van der Waals surface area contributed by atoms with Crippen LogP contribution in [-0.4, -0.2) is 13.0 Å². The zero-order valence-corrected chi connectivity index (χ0v) is 11.0. The predicted octanol–water partition coefficient (Wildman–Crippen LogP) is 2.35. The molecule has 2 aromatic rings. The van der Waals surface area contributed by atoms with Gasteiger partial charge in [0.1, 0.15) is 5.82 Å². The Morgan fingerprint density at radius 1 is 1.25 bits per heavy atom. The summed E-state index contributed by atoms with van der Waals surface area (Å²) in [5.41, 5.74) is 7.33. The lowest BCUT2D eigenvalue weighted by Crippen LogP contribution is -2.23. The van der Waals surface area contributed by atoms with Crippen LogP contribution in [0.25, 0.3) is 0 Å². The maximum absolute atomic E-state index is 12.8. The Kier molecular flexibility index (Phi) is 4.20. The molecule has 3 N–H and O–H groups in total. The number of nitrogen functional groups attached to an aromatic ring is 1. The van der Waals surface area contributed by atoms with Gasteiger partial charge in [0.15, 0.2) is 5.75 Å². The topological polar surface area (TPSA) is 64.3 Å². The fourth-order valence-corrected chi connectivity index (χ4v) is 1.84. The first kappa shape index (κ1) is 13.9. The molecule has 0 spiro atoms. The Bertz CT molecular complexity index is 612. The molecule has 0 radical (unpaired) electrons. The fraction of sp³-hybridized carbons (Fsp3) is 0.133. The van der Waals surface area contributed by atoms with Gasteiger partial charge in [0.05, 0.1) is 18.4 Å². The van der Waals surface area contributed by atoms with Gasteiger partial charge in [0.25, 0.3) is 5.91 Å². The normalized spacial score (nSPS) is 10.1. The number of amides is 1. The van der Waals surface area contributed by atoms with Crippen molar-refractivity contribution in [1.82, 2.24) is 5.32 Å². The summed E-state index contributed by atoms with van der Waals surface area (Å²) in [4.78, 5) is 12.1. The Hall–Kier alpha value is -2.56. The van der Waals surface area contributed by atoms with E-state index in [1.54, 1.807) is 30.3 Å². The molecule has 104 valence electrons. The van der Waals surface area contributed by atoms with Crippen LogP contribution in [0.15, 0.2) is 42.5 Å². The molecule has 2 rings (SSSR count). The number of carbonyl (C=O) groups is 1. The van der Waals surface area contributed by atoms with E-state index in [9.17, 15) is 9.18 Å². The number of nitrogens with two attached hydrogens (primary N) is 1. The smallest absolute Gasteiger partial charge is 0.255 e. The number of hydrogen-bond donors (Lipinski definition) is 2. The van der Waals surface area contributed by atoms with Gasteiger partial charge in [-0.3, -0.25) is 4.79 Å². The van der Waals surface area contributed by atoms with Crippen LogP contribution in [-0.2, 0) is 6.54 Å². The van der Waals surface area contributed by atoms with Crippen LogP contribution in [0.1, 0.15) is 15.9 Å². The highest BCUT2D eigenvalue weighted by Crippen LogP contribution is 2.25. The number of nitrogens with one attached hydrogen (secondary N) is 1. The van der Waals surface area contributed by atoms with E-state index < -0.39 is 0 Å². The third kappa shape index (κ3) is 3.06. The first-order valence-electron chi connectivity index (χ1n) is 6.07. The molecule has 0 saturated carbocycles. The van der Waals surface area contributed by atoms with E-state index in [1.165, 1.54) is 19.2 Å². The minimum atomic E-state index is -0.308. The highest BCUT2D eigenvalue weighted by molar-refractivity contribution is 5.98. The van der Waals surface area contributed by atoms with E-state index in [-0.39, 0.29) is 11.7 Å². The second kappa shape index (κ2) is 6.06. The molecule has 5 heteroatoms. The molecule has 0 bridgehead atoms. The van der Waals surface area contributed by atoms with Crippen molar-refractivity contribution in [1.29, 1.82) is 0 Å². The quantitative estimate of drug-likeness (QED) is 0.841. The minimum absolute atomic E-state index is 0.293. The van der Waals surface area contributed by atoms with E-state index >= 15 is 0 Å². The molecule has 0 aromatic heterocycles. The number of hydrogen-bond acceptors (Lipinski definition) is 3. The maximum Gasteiger partial charge on any atom is 0.255 e. The first-order valence-corrected chi connectivity index (χ1v) is 6.07. The highest BCUT2D eigenvalue weighted by Gasteiger charge is 2.13. The Labute approximate surface area is 116 Å². The summed E-state index contributed by atoms with van der Waals surface area (Å²) in [5, 5.41) is 2.74. The zero-order chi connectivity index (χ0) is 14.5. The van der Waals surface area contributed by atoms with Gasteiger partial charge in [0, 0.05) is 6.54 Å². The largest absolute Gasteiger partial charge is 0.494 e. The average molecular weight is 274 g/mol. The number of benzene rings is 2. The van der Waals surface area contributed by atoms with E-state index in [0.29, 0.717) is 23.5 Å². The summed E-state index contributed by atoms with van der Waals surface area (Å²) in [7, 11) is 1.46. The number of anilines is 1. The van der Waals surface area contributed by atoms with Crippen LogP contribution in [0.3, 0.4) is 0 Å². The monoisotopic (exact) mass is 274 g/mol. The van der Waals surface area contributed by atoms with Crippen molar-refractivity contribution in [2.24, 2.45) is 0 Å². The molecular weight excluding hydrogens is 259 g/mol. The summed E-state index contributed by atoms with van der Waals surface area (Å²) >= 11 is 0. The van der Waals surface area contributed by atoms with Crippen LogP contribution in [0.2, 0.25) is 0 Å². The van der Waals surface area contributed by atoms with Gasteiger partial charge in [-0.2, -0.15) is 0 Å². The van der Waals surface area contributed by atoms with E-state index in [0.717, 1.165) is 5.56 Å². The van der Waals surface area contributed by atoms with E-state index in [4.69, 9.17) is 10.5 Å². The maximum atomic E-state index is 12.8. The second-order valence-electron chi connectivity index (χ2n) is 4.24. The zero-order valence-electron chi connectivity index (χ0n) is 11.0. The Morgan fingerprint density at radius 3 is 2.60 bits per heavy atom. The van der Waals surface area contributed by atoms with Crippen LogP contribution in [0.4, 0.5) is 10.1 Å². The molecule has 20 heavy (non-hydrogen) atoms. The lowest BCUT2D eigenvalue weighted by atomic mass is 10.1. The Balaban J connectivity index is 2.09. The van der Waals surface area contributed by atoms with Gasteiger partial charge in [-0.15, -0.1) is 0 Å². The predicted molar refractivity (Wildman–Crippen MR) is 75.0 cm³/mol. The third-order valence-electron chi connectivity index (χ3n) is 2.86. The summed E-state index contributed by atoms with van der Waals surface area (Å²) in [6, 6.07) is 10.9. The molecule has 2 aromatic carbocycles. The van der Waals surface area contributed by atoms with Crippen molar-refractivity contribution >= 4 is 11.6 Å². The molecule has 0 heterocycles. The average Bonchev–Trinajstić information content (AvgIpc) is 2.46. The van der Waals surface area contributed by atoms with Crippen molar-refractivity contribution in [2.45, 2.75) is 6.54 Å². The molecular formula is C15H15FN2O2. The fourth-order valence-electron chi connectivity index (χ4n) is 1.84. The number of para-hydroxylation sites is 1. The van der Waals surface area contributed by atoms with Crippen molar-refractivity contribution in [3.8, 4) is 5.75 Å². The van der Waals surface area contributed by atoms with Crippen LogP contribution < -0.4 is 15.8 Å². The van der Waals surface area contributed by atoms with Gasteiger partial charge >= 0.3 is 0 Å². The molecule has 4 nitrogen and oxygen atoms in total. The molecule has 1 amide bonds. The number of ether oxygens (including phenoxy) is 1. The van der Waals surface area contributed by atoms with Gasteiger partial charge in [-0.05, 0) is 29.8 Å². The summed E-state index contributed by atoms with van der Waals surface area (Å²) in [6.45, 7) is 0.303. The van der Waals surface area contributed by atoms with Gasteiger partial charge in [-0.1, -0.05) is 18.2 Å². The van der Waals surface area contributed by atoms with Crippen molar-refractivity contribution in [3.05, 3.63) is 59.4 Å². The lowest BCUT2D eigenvalue weighted by molar-refractivity contribution is 0.0948. The van der Waals surface area contributed by atoms with Gasteiger partial charge in [-0.25, -0.2) is 4.39 Å². The minimum Gasteiger partial charge on any atom is -0.494 e. The standard InChI is InChI=1S/C15H15FN2O2/c1-20-14-12(3-2-4-13(14)17)15(19)18-9-10-5-7-11(16)8-6-10/h2-8H,9,17H2,1H3,(H,18,19). The summed E-state index contributed by atoms with van der Waals surface area (Å²) in [6.07, 6.45) is 0. The van der Waals surface area contributed by atoms with Crippen LogP contribution in [0, 0.1) is 5.82 Å².